The summed E-state index contributed by atoms with van der Waals surface area (Å²) in [6.45, 7) is 18.2. The van der Waals surface area contributed by atoms with Crippen LogP contribution in [0.1, 0.15) is 57.5 Å². The summed E-state index contributed by atoms with van der Waals surface area (Å²) in [4.78, 5) is 31.7. The van der Waals surface area contributed by atoms with Gasteiger partial charge in [0.15, 0.2) is 0 Å². The van der Waals surface area contributed by atoms with Gasteiger partial charge < -0.3 is 25.2 Å². The van der Waals surface area contributed by atoms with Crippen molar-refractivity contribution in [2.24, 2.45) is 0 Å². The maximum absolute atomic E-state index is 13.6. The van der Waals surface area contributed by atoms with Crippen molar-refractivity contribution in [3.63, 3.8) is 0 Å². The summed E-state index contributed by atoms with van der Waals surface area (Å²) in [7, 11) is -2.08. The molecule has 1 aromatic heterocycles. The van der Waals surface area contributed by atoms with Gasteiger partial charge in [0.1, 0.15) is 25.4 Å². The van der Waals surface area contributed by atoms with Crippen LogP contribution in [0.15, 0.2) is 72.9 Å². The maximum Gasteiger partial charge on any atom is 0.409 e. The van der Waals surface area contributed by atoms with Gasteiger partial charge in [-0.1, -0.05) is 71.7 Å². The zero-order valence-electron chi connectivity index (χ0n) is 30.4. The number of carbonyl (C=O) groups is 2. The molecule has 0 aliphatic carbocycles. The standard InChI is InChI=1S/C40H49N5O5Si/c1-27(2)51(28(3)4,29(5)6)24-16-30-25-31(11-12-33(30)39(46)42-18-19-45-20-22-49-23-21-45)43-38-26-32(15-17-41-38)50-37-14-13-36(44-40(47)48)34-9-7-8-10-35(34)37/h7-15,17,25-29,44H,18-23H2,1-6H3,(H,41,43)(H,42,46)(H,47,48). The summed E-state index contributed by atoms with van der Waals surface area (Å²) in [6.07, 6.45) is 0.525. The lowest BCUT2D eigenvalue weighted by molar-refractivity contribution is 0.0383. The molecule has 1 aliphatic rings. The highest BCUT2D eigenvalue weighted by Gasteiger charge is 2.41. The number of nitrogens with zero attached hydrogens (tertiary/aromatic N) is 2. The van der Waals surface area contributed by atoms with Crippen LogP contribution in [0, 0.1) is 11.5 Å². The summed E-state index contributed by atoms with van der Waals surface area (Å²) in [5.41, 5.74) is 7.59. The number of hydrogen-bond acceptors (Lipinski definition) is 7. The van der Waals surface area contributed by atoms with Gasteiger partial charge in [-0.15, -0.1) is 5.54 Å². The predicted octanol–water partition coefficient (Wildman–Crippen LogP) is 8.49. The lowest BCUT2D eigenvalue weighted by Crippen LogP contribution is -2.43. The number of fused-ring (bicyclic) bond motifs is 1. The number of carbonyl (C=O) groups excluding carboxylic acids is 1. The van der Waals surface area contributed by atoms with Crippen LogP contribution in [-0.2, 0) is 4.74 Å². The van der Waals surface area contributed by atoms with Crippen molar-refractivity contribution in [1.29, 1.82) is 0 Å². The number of morpholine rings is 1. The molecule has 0 bridgehead atoms. The Hall–Kier alpha value is -4.89. The second-order valence-electron chi connectivity index (χ2n) is 13.8. The number of nitrogens with one attached hydrogen (secondary N) is 3. The van der Waals surface area contributed by atoms with Gasteiger partial charge in [0, 0.05) is 60.5 Å². The number of anilines is 3. The second kappa shape index (κ2) is 16.9. The summed E-state index contributed by atoms with van der Waals surface area (Å²) in [5, 5.41) is 19.7. The minimum Gasteiger partial charge on any atom is -0.465 e. The average molecular weight is 708 g/mol. The Morgan fingerprint density at radius 1 is 0.941 bits per heavy atom. The summed E-state index contributed by atoms with van der Waals surface area (Å²) >= 11 is 0. The number of aromatic nitrogens is 1. The molecule has 1 aliphatic heterocycles. The Kier molecular flexibility index (Phi) is 12.4. The zero-order valence-corrected chi connectivity index (χ0v) is 31.4. The zero-order chi connectivity index (χ0) is 36.5. The molecule has 51 heavy (non-hydrogen) atoms. The van der Waals surface area contributed by atoms with Crippen LogP contribution in [0.4, 0.5) is 22.0 Å². The molecule has 0 spiro atoms. The molecule has 5 rings (SSSR count). The molecule has 0 radical (unpaired) electrons. The summed E-state index contributed by atoms with van der Waals surface area (Å²) < 4.78 is 11.7. The third kappa shape index (κ3) is 9.07. The average Bonchev–Trinajstić information content (AvgIpc) is 3.09. The van der Waals surface area contributed by atoms with Crippen molar-refractivity contribution >= 4 is 48.0 Å². The van der Waals surface area contributed by atoms with Gasteiger partial charge in [-0.2, -0.15) is 0 Å². The van der Waals surface area contributed by atoms with Crippen LogP contribution >= 0.6 is 0 Å². The Morgan fingerprint density at radius 2 is 1.65 bits per heavy atom. The molecule has 0 atom stereocenters. The topological polar surface area (TPSA) is 125 Å². The SMILES string of the molecule is CC(C)[Si](C#Cc1cc(Nc2cc(Oc3ccc(NC(=O)O)c4ccccc34)ccn2)ccc1C(=O)NCCN1CCOCC1)(C(C)C)C(C)C. The molecule has 4 aromatic rings. The molecule has 2 heterocycles. The lowest BCUT2D eigenvalue weighted by Gasteiger charge is -2.38. The Labute approximate surface area is 302 Å². The van der Waals surface area contributed by atoms with Crippen molar-refractivity contribution in [2.75, 3.05) is 50.0 Å². The summed E-state index contributed by atoms with van der Waals surface area (Å²) in [6, 6.07) is 20.1. The number of pyridine rings is 1. The number of benzene rings is 3. The van der Waals surface area contributed by atoms with Gasteiger partial charge in [-0.3, -0.25) is 15.0 Å². The third-order valence-corrected chi connectivity index (χ3v) is 16.0. The second-order valence-corrected chi connectivity index (χ2v) is 19.4. The number of ether oxygens (including phenoxy) is 2. The molecule has 268 valence electrons. The molecule has 11 heteroatoms. The number of carboxylic acid groups (broad SMARTS) is 1. The number of rotatable bonds is 12. The van der Waals surface area contributed by atoms with Crippen molar-refractivity contribution in [2.45, 2.75) is 58.2 Å². The molecular formula is C40H49N5O5Si. The van der Waals surface area contributed by atoms with Gasteiger partial charge in [0.25, 0.3) is 5.91 Å². The normalized spacial score (nSPS) is 13.6. The molecule has 0 unspecified atom stereocenters. The molecule has 3 aromatic carbocycles. The quantitative estimate of drug-likeness (QED) is 0.0854. The molecular weight excluding hydrogens is 659 g/mol. The van der Waals surface area contributed by atoms with E-state index in [1.165, 1.54) is 0 Å². The Morgan fingerprint density at radius 3 is 2.33 bits per heavy atom. The van der Waals surface area contributed by atoms with Crippen molar-refractivity contribution in [1.82, 2.24) is 15.2 Å². The van der Waals surface area contributed by atoms with E-state index in [1.807, 2.05) is 42.5 Å². The van der Waals surface area contributed by atoms with E-state index in [9.17, 15) is 14.7 Å². The van der Waals surface area contributed by atoms with Crippen LogP contribution in [0.5, 0.6) is 11.5 Å². The fourth-order valence-electron chi connectivity index (χ4n) is 7.18. The first kappa shape index (κ1) is 37.4. The smallest absolute Gasteiger partial charge is 0.409 e. The van der Waals surface area contributed by atoms with Crippen LogP contribution in [0.25, 0.3) is 10.8 Å². The molecule has 1 fully saturated rings. The van der Waals surface area contributed by atoms with Crippen LogP contribution in [0.3, 0.4) is 0 Å². The molecule has 10 nitrogen and oxygen atoms in total. The lowest BCUT2D eigenvalue weighted by atomic mass is 10.1. The maximum atomic E-state index is 13.6. The number of hydrogen-bond donors (Lipinski definition) is 4. The van der Waals surface area contributed by atoms with Crippen molar-refractivity contribution in [3.8, 4) is 23.0 Å². The van der Waals surface area contributed by atoms with Gasteiger partial charge in [-0.25, -0.2) is 9.78 Å². The molecule has 1 saturated heterocycles. The molecule has 4 N–H and O–H groups in total. The van der Waals surface area contributed by atoms with Crippen molar-refractivity contribution < 1.29 is 24.2 Å². The Bertz CT molecular complexity index is 1890. The predicted molar refractivity (Wildman–Crippen MR) is 207 cm³/mol. The van der Waals surface area contributed by atoms with Gasteiger partial charge in [0.2, 0.25) is 0 Å². The molecule has 2 amide bonds. The monoisotopic (exact) mass is 707 g/mol. The number of amides is 2. The fourth-order valence-corrected chi connectivity index (χ4v) is 12.4. The fraction of sp³-hybridized carbons (Fsp3) is 0.375. The first-order valence-electron chi connectivity index (χ1n) is 17.7. The van der Waals surface area contributed by atoms with Crippen LogP contribution < -0.4 is 20.7 Å². The van der Waals surface area contributed by atoms with E-state index in [2.05, 4.69) is 78.8 Å². The highest BCUT2D eigenvalue weighted by atomic mass is 28.3. The van der Waals surface area contributed by atoms with E-state index < -0.39 is 14.2 Å². The van der Waals surface area contributed by atoms with Crippen LogP contribution in [0.2, 0.25) is 16.6 Å². The van der Waals surface area contributed by atoms with E-state index >= 15 is 0 Å². The van der Waals surface area contributed by atoms with E-state index in [-0.39, 0.29) is 5.91 Å². The summed E-state index contributed by atoms with van der Waals surface area (Å²) in [5.74, 6) is 5.06. The first-order chi connectivity index (χ1) is 24.5. The van der Waals surface area contributed by atoms with Crippen molar-refractivity contribution in [3.05, 3.63) is 84.1 Å². The van der Waals surface area contributed by atoms with Crippen LogP contribution in [-0.4, -0.2) is 74.5 Å². The highest BCUT2D eigenvalue weighted by molar-refractivity contribution is 6.90. The Balaban J connectivity index is 1.42. The largest absolute Gasteiger partial charge is 0.465 e. The highest BCUT2D eigenvalue weighted by Crippen LogP contribution is 2.41. The molecule has 0 saturated carbocycles. The van der Waals surface area contributed by atoms with E-state index in [4.69, 9.17) is 9.47 Å². The first-order valence-corrected chi connectivity index (χ1v) is 19.9. The third-order valence-electron chi connectivity index (χ3n) is 9.72. The minimum absolute atomic E-state index is 0.143. The van der Waals surface area contributed by atoms with E-state index in [0.29, 0.717) is 57.3 Å². The van der Waals surface area contributed by atoms with E-state index in [1.54, 1.807) is 30.5 Å². The van der Waals surface area contributed by atoms with E-state index in [0.717, 1.165) is 49.3 Å². The van der Waals surface area contributed by atoms with Gasteiger partial charge >= 0.3 is 6.09 Å². The van der Waals surface area contributed by atoms with Gasteiger partial charge in [-0.05, 0) is 53.0 Å². The van der Waals surface area contributed by atoms with Gasteiger partial charge in [0.05, 0.1) is 24.5 Å². The minimum atomic E-state index is -2.08.